The number of nitro benzene ring substituents is 1. The van der Waals surface area contributed by atoms with Crippen LogP contribution < -0.4 is 4.90 Å². The van der Waals surface area contributed by atoms with Crippen molar-refractivity contribution in [1.29, 1.82) is 0 Å². The summed E-state index contributed by atoms with van der Waals surface area (Å²) in [7, 11) is 2.03. The monoisotopic (exact) mass is 345 g/mol. The molecule has 20 heavy (non-hydrogen) atoms. The Hall–Kier alpha value is -1.21. The highest BCUT2D eigenvalue weighted by molar-refractivity contribution is 9.10. The first-order valence-electron chi connectivity index (χ1n) is 6.52. The van der Waals surface area contributed by atoms with E-state index in [4.69, 9.17) is 0 Å². The normalized spacial score (nSPS) is 18.9. The number of hydrogen-bond donors (Lipinski definition) is 0. The molecule has 1 heterocycles. The molecule has 1 unspecified atom stereocenters. The Morgan fingerprint density at radius 1 is 1.60 bits per heavy atom. The highest BCUT2D eigenvalue weighted by Crippen LogP contribution is 2.35. The van der Waals surface area contributed by atoms with Crippen LogP contribution in [0.3, 0.4) is 0 Å². The van der Waals surface area contributed by atoms with Crippen molar-refractivity contribution >= 4 is 27.3 Å². The van der Waals surface area contributed by atoms with Gasteiger partial charge in [0.1, 0.15) is 11.5 Å². The van der Waals surface area contributed by atoms with Crippen LogP contribution in [0.15, 0.2) is 16.6 Å². The summed E-state index contributed by atoms with van der Waals surface area (Å²) in [5.41, 5.74) is 0.306. The highest BCUT2D eigenvalue weighted by Gasteiger charge is 2.30. The molecule has 110 valence electrons. The quantitative estimate of drug-likeness (QED) is 0.621. The maximum Gasteiger partial charge on any atom is 0.293 e. The Balaban J connectivity index is 2.29. The van der Waals surface area contributed by atoms with Crippen molar-refractivity contribution in [2.24, 2.45) is 0 Å². The van der Waals surface area contributed by atoms with Crippen LogP contribution in [0.1, 0.15) is 13.3 Å². The highest BCUT2D eigenvalue weighted by atomic mass is 79.9. The topological polar surface area (TPSA) is 49.6 Å². The average Bonchev–Trinajstić information content (AvgIpc) is 2.89. The van der Waals surface area contributed by atoms with Crippen molar-refractivity contribution in [3.05, 3.63) is 32.5 Å². The van der Waals surface area contributed by atoms with Gasteiger partial charge < -0.3 is 9.80 Å². The third kappa shape index (κ3) is 2.93. The SMILES string of the molecule is CCN(C)C1CCN(c2cc(F)c(Br)cc2[N+](=O)[O-])C1. The van der Waals surface area contributed by atoms with Crippen LogP contribution in [-0.4, -0.2) is 42.5 Å². The molecule has 0 radical (unpaired) electrons. The Morgan fingerprint density at radius 3 is 2.90 bits per heavy atom. The lowest BCUT2D eigenvalue weighted by molar-refractivity contribution is -0.384. The maximum atomic E-state index is 13.7. The second-order valence-corrected chi connectivity index (χ2v) is 5.83. The van der Waals surface area contributed by atoms with E-state index in [0.717, 1.165) is 13.0 Å². The van der Waals surface area contributed by atoms with Crippen LogP contribution in [0.5, 0.6) is 0 Å². The van der Waals surface area contributed by atoms with Crippen LogP contribution in [-0.2, 0) is 0 Å². The molecular formula is C13H17BrFN3O2. The zero-order chi connectivity index (χ0) is 14.9. The van der Waals surface area contributed by atoms with Crippen molar-refractivity contribution in [3.63, 3.8) is 0 Å². The number of anilines is 1. The summed E-state index contributed by atoms with van der Waals surface area (Å²) in [5, 5.41) is 11.1. The summed E-state index contributed by atoms with van der Waals surface area (Å²) in [5.74, 6) is -0.474. The number of halogens is 2. The van der Waals surface area contributed by atoms with E-state index in [1.165, 1.54) is 12.1 Å². The predicted octanol–water partition coefficient (Wildman–Crippen LogP) is 3.03. The molecule has 5 nitrogen and oxygen atoms in total. The number of rotatable bonds is 4. The van der Waals surface area contributed by atoms with Gasteiger partial charge in [0, 0.05) is 31.3 Å². The van der Waals surface area contributed by atoms with Crippen molar-refractivity contribution in [1.82, 2.24) is 4.90 Å². The third-order valence-corrected chi connectivity index (χ3v) is 4.45. The van der Waals surface area contributed by atoms with E-state index in [0.29, 0.717) is 24.8 Å². The zero-order valence-electron chi connectivity index (χ0n) is 11.5. The largest absolute Gasteiger partial charge is 0.364 e. The third-order valence-electron chi connectivity index (χ3n) is 3.84. The molecule has 0 aliphatic carbocycles. The van der Waals surface area contributed by atoms with Crippen molar-refractivity contribution in [2.75, 3.05) is 31.6 Å². The molecule has 0 N–H and O–H groups in total. The fourth-order valence-electron chi connectivity index (χ4n) is 2.50. The standard InChI is InChI=1S/C13H17BrFN3O2/c1-3-16(2)9-4-5-17(8-9)12-7-11(15)10(14)6-13(12)18(19)20/h6-7,9H,3-5,8H2,1-2H3. The Kier molecular flexibility index (Phi) is 4.59. The fraction of sp³-hybridized carbons (Fsp3) is 0.538. The number of nitrogens with zero attached hydrogens (tertiary/aromatic N) is 3. The molecule has 1 fully saturated rings. The number of nitro groups is 1. The lowest BCUT2D eigenvalue weighted by Crippen LogP contribution is -2.34. The van der Waals surface area contributed by atoms with Crippen molar-refractivity contribution in [3.8, 4) is 0 Å². The van der Waals surface area contributed by atoms with Gasteiger partial charge in [0.25, 0.3) is 5.69 Å². The van der Waals surface area contributed by atoms with E-state index in [9.17, 15) is 14.5 Å². The first-order chi connectivity index (χ1) is 9.43. The van der Waals surface area contributed by atoms with Gasteiger partial charge in [0.15, 0.2) is 0 Å². The Bertz CT molecular complexity index is 527. The van der Waals surface area contributed by atoms with Gasteiger partial charge in [-0.25, -0.2) is 4.39 Å². The molecule has 0 amide bonds. The van der Waals surface area contributed by atoms with Crippen LogP contribution in [0, 0.1) is 15.9 Å². The van der Waals surface area contributed by atoms with Gasteiger partial charge in [0.2, 0.25) is 0 Å². The van der Waals surface area contributed by atoms with E-state index in [-0.39, 0.29) is 10.2 Å². The van der Waals surface area contributed by atoms with Crippen molar-refractivity contribution < 1.29 is 9.31 Å². The van der Waals surface area contributed by atoms with Crippen LogP contribution in [0.2, 0.25) is 0 Å². The smallest absolute Gasteiger partial charge is 0.293 e. The molecule has 1 aromatic rings. The molecule has 0 bridgehead atoms. The van der Waals surface area contributed by atoms with E-state index in [1.807, 2.05) is 11.9 Å². The van der Waals surface area contributed by atoms with Crippen LogP contribution >= 0.6 is 15.9 Å². The Morgan fingerprint density at radius 2 is 2.30 bits per heavy atom. The minimum Gasteiger partial charge on any atom is -0.364 e. The van der Waals surface area contributed by atoms with E-state index < -0.39 is 10.7 Å². The van der Waals surface area contributed by atoms with Gasteiger partial charge in [-0.15, -0.1) is 0 Å². The maximum absolute atomic E-state index is 13.7. The molecule has 1 aliphatic heterocycles. The molecule has 0 aromatic heterocycles. The molecule has 7 heteroatoms. The van der Waals surface area contributed by atoms with Crippen LogP contribution in [0.25, 0.3) is 0 Å². The molecule has 1 saturated heterocycles. The number of hydrogen-bond acceptors (Lipinski definition) is 4. The van der Waals surface area contributed by atoms with Crippen LogP contribution in [0.4, 0.5) is 15.8 Å². The Labute approximate surface area is 125 Å². The second kappa shape index (κ2) is 6.05. The fourth-order valence-corrected chi connectivity index (χ4v) is 2.84. The number of likely N-dealkylation sites (N-methyl/N-ethyl adjacent to an activating group) is 1. The molecule has 1 aliphatic rings. The van der Waals surface area contributed by atoms with Gasteiger partial charge in [-0.05, 0) is 35.9 Å². The minimum absolute atomic E-state index is 0.0573. The second-order valence-electron chi connectivity index (χ2n) is 4.97. The molecule has 1 atom stereocenters. The molecule has 1 aromatic carbocycles. The summed E-state index contributed by atoms with van der Waals surface area (Å²) in [6.07, 6.45) is 0.930. The van der Waals surface area contributed by atoms with Gasteiger partial charge in [0.05, 0.1) is 9.40 Å². The first-order valence-corrected chi connectivity index (χ1v) is 7.32. The summed E-state index contributed by atoms with van der Waals surface area (Å²) in [6, 6.07) is 2.84. The van der Waals surface area contributed by atoms with E-state index in [1.54, 1.807) is 0 Å². The summed E-state index contributed by atoms with van der Waals surface area (Å²) >= 11 is 3.00. The number of benzene rings is 1. The van der Waals surface area contributed by atoms with Crippen molar-refractivity contribution in [2.45, 2.75) is 19.4 Å². The van der Waals surface area contributed by atoms with E-state index >= 15 is 0 Å². The van der Waals surface area contributed by atoms with Gasteiger partial charge in [-0.1, -0.05) is 6.92 Å². The molecule has 2 rings (SSSR count). The predicted molar refractivity (Wildman–Crippen MR) is 79.7 cm³/mol. The summed E-state index contributed by atoms with van der Waals surface area (Å²) in [6.45, 7) is 4.39. The molecule has 0 spiro atoms. The first kappa shape index (κ1) is 15.2. The summed E-state index contributed by atoms with van der Waals surface area (Å²) < 4.78 is 13.8. The average molecular weight is 346 g/mol. The molecule has 0 saturated carbocycles. The molecular weight excluding hydrogens is 329 g/mol. The lowest BCUT2D eigenvalue weighted by atomic mass is 10.2. The van der Waals surface area contributed by atoms with E-state index in [2.05, 4.69) is 27.8 Å². The lowest BCUT2D eigenvalue weighted by Gasteiger charge is -2.23. The van der Waals surface area contributed by atoms with Gasteiger partial charge in [-0.2, -0.15) is 0 Å². The zero-order valence-corrected chi connectivity index (χ0v) is 13.1. The van der Waals surface area contributed by atoms with Gasteiger partial charge in [-0.3, -0.25) is 10.1 Å². The summed E-state index contributed by atoms with van der Waals surface area (Å²) in [4.78, 5) is 14.8. The van der Waals surface area contributed by atoms with Gasteiger partial charge >= 0.3 is 0 Å². The minimum atomic E-state index is -0.474.